The molecule has 0 amide bonds. The molecule has 0 unspecified atom stereocenters. The second kappa shape index (κ2) is 6.13. The molecular formula is C13H18N2O2S. The van der Waals surface area contributed by atoms with Crippen LogP contribution in [0.4, 0.5) is 0 Å². The molecule has 4 nitrogen and oxygen atoms in total. The first-order valence-corrected chi connectivity index (χ1v) is 6.96. The van der Waals surface area contributed by atoms with Crippen LogP contribution in [0.25, 0.3) is 10.8 Å². The number of hydrogen-bond donors (Lipinski definition) is 1. The number of thiophene rings is 1. The van der Waals surface area contributed by atoms with Crippen molar-refractivity contribution < 1.29 is 9.52 Å². The molecule has 0 aromatic carbocycles. The van der Waals surface area contributed by atoms with Crippen molar-refractivity contribution in [3.8, 4) is 10.8 Å². The number of aryl methyl sites for hydroxylation is 1. The molecule has 0 radical (unpaired) electrons. The van der Waals surface area contributed by atoms with Gasteiger partial charge in [0.25, 0.3) is 0 Å². The maximum atomic E-state index is 8.99. The third-order valence-electron chi connectivity index (χ3n) is 2.86. The lowest BCUT2D eigenvalue weighted by Crippen LogP contribution is -2.26. The van der Waals surface area contributed by atoms with Gasteiger partial charge in [-0.15, -0.1) is 11.3 Å². The number of nitrogens with zero attached hydrogens (tertiary/aromatic N) is 2. The molecule has 2 aromatic rings. The van der Waals surface area contributed by atoms with Gasteiger partial charge in [-0.2, -0.15) is 0 Å². The summed E-state index contributed by atoms with van der Waals surface area (Å²) in [6.07, 6.45) is 0. The SMILES string of the molecule is CCN(CCO)Cc1nc(-c2cccs2)oc1C. The Morgan fingerprint density at radius 2 is 2.33 bits per heavy atom. The van der Waals surface area contributed by atoms with Crippen LogP contribution in [0.2, 0.25) is 0 Å². The quantitative estimate of drug-likeness (QED) is 0.873. The van der Waals surface area contributed by atoms with Crippen molar-refractivity contribution in [3.05, 3.63) is 29.0 Å². The number of aliphatic hydroxyl groups is 1. The van der Waals surface area contributed by atoms with Crippen LogP contribution >= 0.6 is 11.3 Å². The van der Waals surface area contributed by atoms with Gasteiger partial charge in [0.1, 0.15) is 5.76 Å². The molecule has 18 heavy (non-hydrogen) atoms. The molecule has 2 aromatic heterocycles. The van der Waals surface area contributed by atoms with E-state index in [0.29, 0.717) is 12.4 Å². The molecule has 0 saturated heterocycles. The number of aromatic nitrogens is 1. The van der Waals surface area contributed by atoms with Gasteiger partial charge in [-0.25, -0.2) is 4.98 Å². The minimum atomic E-state index is 0.169. The van der Waals surface area contributed by atoms with E-state index in [-0.39, 0.29) is 6.61 Å². The van der Waals surface area contributed by atoms with Crippen molar-refractivity contribution in [3.63, 3.8) is 0 Å². The highest BCUT2D eigenvalue weighted by molar-refractivity contribution is 7.13. The van der Waals surface area contributed by atoms with Gasteiger partial charge in [0, 0.05) is 13.1 Å². The summed E-state index contributed by atoms with van der Waals surface area (Å²) in [5.74, 6) is 1.55. The van der Waals surface area contributed by atoms with Crippen molar-refractivity contribution in [2.24, 2.45) is 0 Å². The van der Waals surface area contributed by atoms with E-state index in [1.165, 1.54) is 0 Å². The fourth-order valence-electron chi connectivity index (χ4n) is 1.78. The predicted octanol–water partition coefficient (Wildman–Crippen LogP) is 2.53. The van der Waals surface area contributed by atoms with E-state index < -0.39 is 0 Å². The van der Waals surface area contributed by atoms with E-state index in [1.807, 2.05) is 24.4 Å². The summed E-state index contributed by atoms with van der Waals surface area (Å²) in [6.45, 7) is 6.45. The van der Waals surface area contributed by atoms with Gasteiger partial charge >= 0.3 is 0 Å². The first-order chi connectivity index (χ1) is 8.74. The van der Waals surface area contributed by atoms with Crippen LogP contribution < -0.4 is 0 Å². The lowest BCUT2D eigenvalue weighted by Gasteiger charge is -2.17. The van der Waals surface area contributed by atoms with Gasteiger partial charge in [0.05, 0.1) is 17.2 Å². The molecule has 2 rings (SSSR count). The summed E-state index contributed by atoms with van der Waals surface area (Å²) in [4.78, 5) is 7.74. The van der Waals surface area contributed by atoms with E-state index in [2.05, 4.69) is 16.8 Å². The molecule has 0 bridgehead atoms. The van der Waals surface area contributed by atoms with Gasteiger partial charge in [0.15, 0.2) is 0 Å². The van der Waals surface area contributed by atoms with E-state index in [4.69, 9.17) is 9.52 Å². The number of oxazole rings is 1. The number of aliphatic hydroxyl groups excluding tert-OH is 1. The average Bonchev–Trinajstić information content (AvgIpc) is 2.99. The molecule has 0 fully saturated rings. The number of rotatable bonds is 6. The summed E-state index contributed by atoms with van der Waals surface area (Å²) >= 11 is 1.62. The van der Waals surface area contributed by atoms with E-state index in [1.54, 1.807) is 11.3 Å². The van der Waals surface area contributed by atoms with Crippen LogP contribution in [-0.4, -0.2) is 34.7 Å². The molecule has 0 aliphatic rings. The van der Waals surface area contributed by atoms with Crippen LogP contribution in [0.3, 0.4) is 0 Å². The number of likely N-dealkylation sites (N-methyl/N-ethyl adjacent to an activating group) is 1. The van der Waals surface area contributed by atoms with Gasteiger partial charge in [-0.05, 0) is 24.9 Å². The zero-order chi connectivity index (χ0) is 13.0. The second-order valence-electron chi connectivity index (χ2n) is 4.09. The molecule has 1 N–H and O–H groups in total. The Balaban J connectivity index is 2.14. The van der Waals surface area contributed by atoms with Crippen LogP contribution in [0.15, 0.2) is 21.9 Å². The first-order valence-electron chi connectivity index (χ1n) is 6.08. The van der Waals surface area contributed by atoms with E-state index in [0.717, 1.165) is 29.4 Å². The average molecular weight is 266 g/mol. The Hall–Kier alpha value is -1.17. The van der Waals surface area contributed by atoms with Crippen molar-refractivity contribution in [2.75, 3.05) is 19.7 Å². The Kier molecular flexibility index (Phi) is 4.52. The van der Waals surface area contributed by atoms with Crippen LogP contribution in [0, 0.1) is 6.92 Å². The fraction of sp³-hybridized carbons (Fsp3) is 0.462. The zero-order valence-electron chi connectivity index (χ0n) is 10.7. The monoisotopic (exact) mass is 266 g/mol. The van der Waals surface area contributed by atoms with Gasteiger partial charge in [-0.3, -0.25) is 4.90 Å². The normalized spacial score (nSPS) is 11.3. The molecule has 0 aliphatic heterocycles. The second-order valence-corrected chi connectivity index (χ2v) is 5.04. The maximum Gasteiger partial charge on any atom is 0.236 e. The maximum absolute atomic E-state index is 8.99. The highest BCUT2D eigenvalue weighted by Gasteiger charge is 2.14. The largest absolute Gasteiger partial charge is 0.440 e. The lowest BCUT2D eigenvalue weighted by molar-refractivity contribution is 0.195. The molecule has 0 atom stereocenters. The minimum absolute atomic E-state index is 0.169. The molecular weight excluding hydrogens is 248 g/mol. The van der Waals surface area contributed by atoms with Crippen molar-refractivity contribution >= 4 is 11.3 Å². The van der Waals surface area contributed by atoms with Gasteiger partial charge in [-0.1, -0.05) is 13.0 Å². The predicted molar refractivity (Wildman–Crippen MR) is 72.6 cm³/mol. The van der Waals surface area contributed by atoms with Crippen LogP contribution in [0.1, 0.15) is 18.4 Å². The smallest absolute Gasteiger partial charge is 0.236 e. The van der Waals surface area contributed by atoms with Crippen LogP contribution in [0.5, 0.6) is 0 Å². The summed E-state index contributed by atoms with van der Waals surface area (Å²) < 4.78 is 5.69. The van der Waals surface area contributed by atoms with Crippen LogP contribution in [-0.2, 0) is 6.54 Å². The minimum Gasteiger partial charge on any atom is -0.440 e. The standard InChI is InChI=1S/C13H18N2O2S/c1-3-15(6-7-16)9-11-10(2)17-13(14-11)12-5-4-8-18-12/h4-5,8,16H,3,6-7,9H2,1-2H3. The Labute approximate surface area is 111 Å². The Bertz CT molecular complexity index is 479. The zero-order valence-corrected chi connectivity index (χ0v) is 11.5. The molecule has 0 spiro atoms. The molecule has 98 valence electrons. The third-order valence-corrected chi connectivity index (χ3v) is 3.72. The van der Waals surface area contributed by atoms with E-state index >= 15 is 0 Å². The highest BCUT2D eigenvalue weighted by atomic mass is 32.1. The molecule has 0 saturated carbocycles. The topological polar surface area (TPSA) is 49.5 Å². The fourth-order valence-corrected chi connectivity index (χ4v) is 2.43. The highest BCUT2D eigenvalue weighted by Crippen LogP contribution is 2.26. The summed E-state index contributed by atoms with van der Waals surface area (Å²) in [5, 5.41) is 11.0. The Morgan fingerprint density at radius 3 is 2.94 bits per heavy atom. The summed E-state index contributed by atoms with van der Waals surface area (Å²) in [6, 6.07) is 3.99. The van der Waals surface area contributed by atoms with Crippen molar-refractivity contribution in [2.45, 2.75) is 20.4 Å². The molecule has 0 aliphatic carbocycles. The first kappa shape index (κ1) is 13.3. The molecule has 2 heterocycles. The lowest BCUT2D eigenvalue weighted by atomic mass is 10.3. The summed E-state index contributed by atoms with van der Waals surface area (Å²) in [7, 11) is 0. The van der Waals surface area contributed by atoms with Gasteiger partial charge < -0.3 is 9.52 Å². The summed E-state index contributed by atoms with van der Waals surface area (Å²) in [5.41, 5.74) is 0.953. The van der Waals surface area contributed by atoms with Crippen molar-refractivity contribution in [1.29, 1.82) is 0 Å². The third kappa shape index (κ3) is 2.98. The number of hydrogen-bond acceptors (Lipinski definition) is 5. The van der Waals surface area contributed by atoms with Crippen molar-refractivity contribution in [1.82, 2.24) is 9.88 Å². The molecule has 5 heteroatoms. The Morgan fingerprint density at radius 1 is 1.50 bits per heavy atom. The van der Waals surface area contributed by atoms with E-state index in [9.17, 15) is 0 Å². The van der Waals surface area contributed by atoms with Gasteiger partial charge in [0.2, 0.25) is 5.89 Å².